The van der Waals surface area contributed by atoms with Crippen LogP contribution in [0.2, 0.25) is 0 Å². The molecule has 1 saturated carbocycles. The number of benzene rings is 2. The molecule has 0 radical (unpaired) electrons. The van der Waals surface area contributed by atoms with E-state index < -0.39 is 33.8 Å². The second-order valence-corrected chi connectivity index (χ2v) is 11.7. The second-order valence-electron chi connectivity index (χ2n) is 9.94. The van der Waals surface area contributed by atoms with Crippen LogP contribution in [-0.4, -0.2) is 45.5 Å². The molecule has 2 fully saturated rings. The third-order valence-corrected chi connectivity index (χ3v) is 8.70. The van der Waals surface area contributed by atoms with Crippen LogP contribution in [0.1, 0.15) is 55.7 Å². The zero-order valence-electron chi connectivity index (χ0n) is 21.2. The summed E-state index contributed by atoms with van der Waals surface area (Å²) in [6, 6.07) is 11.3. The van der Waals surface area contributed by atoms with Gasteiger partial charge >= 0.3 is 12.1 Å². The van der Waals surface area contributed by atoms with Crippen LogP contribution in [0.4, 0.5) is 13.2 Å². The van der Waals surface area contributed by atoms with Crippen LogP contribution in [0.3, 0.4) is 0 Å². The lowest BCUT2D eigenvalue weighted by Gasteiger charge is -2.30. The minimum absolute atomic E-state index is 0.00492. The fraction of sp³-hybridized carbons (Fsp3) is 0.481. The average Bonchev–Trinajstić information content (AvgIpc) is 3.46. The van der Waals surface area contributed by atoms with Gasteiger partial charge in [0.1, 0.15) is 12.6 Å². The molecule has 4 rings (SSSR count). The lowest BCUT2D eigenvalue weighted by atomic mass is 9.85. The lowest BCUT2D eigenvalue weighted by Crippen LogP contribution is -2.42. The summed E-state index contributed by atoms with van der Waals surface area (Å²) in [5, 5.41) is 6.08. The number of alkyl halides is 3. The average molecular weight is 568 g/mol. The second kappa shape index (κ2) is 12.5. The van der Waals surface area contributed by atoms with Gasteiger partial charge in [0, 0.05) is 12.0 Å². The Morgan fingerprint density at radius 2 is 1.64 bits per heavy atom. The van der Waals surface area contributed by atoms with E-state index in [1.54, 1.807) is 0 Å². The third-order valence-electron chi connectivity index (χ3n) is 7.17. The quantitative estimate of drug-likeness (QED) is 0.399. The highest BCUT2D eigenvalue weighted by Gasteiger charge is 2.33. The molecule has 2 aromatic rings. The number of halogens is 3. The molecule has 0 bridgehead atoms. The smallest absolute Gasteiger partial charge is 0.416 e. The Bertz CT molecular complexity index is 1230. The number of sulfonamides is 1. The van der Waals surface area contributed by atoms with Crippen molar-refractivity contribution in [1.82, 2.24) is 15.4 Å². The van der Waals surface area contributed by atoms with Gasteiger partial charge in [0.25, 0.3) is 0 Å². The zero-order chi connectivity index (χ0) is 28.0. The first-order valence-electron chi connectivity index (χ1n) is 13.0. The highest BCUT2D eigenvalue weighted by molar-refractivity contribution is 7.89. The van der Waals surface area contributed by atoms with Crippen molar-refractivity contribution in [2.24, 2.45) is 5.92 Å². The summed E-state index contributed by atoms with van der Waals surface area (Å²) in [5.41, 5.74) is -0.122. The molecule has 2 atom stereocenters. The normalized spacial score (nSPS) is 22.7. The molecule has 1 aliphatic carbocycles. The van der Waals surface area contributed by atoms with E-state index in [9.17, 15) is 31.2 Å². The number of carbonyl (C=O) groups excluding carboxylic acids is 2. The van der Waals surface area contributed by atoms with E-state index in [0.717, 1.165) is 42.8 Å². The minimum Gasteiger partial charge on any atom is -0.462 e. The molecule has 8 nitrogen and oxygen atoms in total. The fourth-order valence-electron chi connectivity index (χ4n) is 4.93. The van der Waals surface area contributed by atoms with Crippen LogP contribution >= 0.6 is 0 Å². The molecule has 212 valence electrons. The Balaban J connectivity index is 1.31. The maximum absolute atomic E-state index is 13.1. The van der Waals surface area contributed by atoms with Gasteiger partial charge in [0.2, 0.25) is 15.9 Å². The van der Waals surface area contributed by atoms with Gasteiger partial charge in [0.15, 0.2) is 0 Å². The van der Waals surface area contributed by atoms with Crippen molar-refractivity contribution in [3.05, 3.63) is 65.7 Å². The largest absolute Gasteiger partial charge is 0.462 e. The van der Waals surface area contributed by atoms with E-state index in [0.29, 0.717) is 32.1 Å². The monoisotopic (exact) mass is 567 g/mol. The standard InChI is InChI=1S/C27H32F3N3O5S/c28-27(29,30)20-10-14-22(15-11-20)39(36,37)33-21-12-8-19(9-13-21)25(34)32-24(18-5-2-1-3-6-18)17-38-26(35)23-7-4-16-31-23/h1-3,5-6,10-11,14-15,19,21,23-24,31,33H,4,7-9,12-13,16-17H2,(H,32,34)/t19?,21?,23-,24?/m0/s1. The Morgan fingerprint density at radius 1 is 0.974 bits per heavy atom. The lowest BCUT2D eigenvalue weighted by molar-refractivity contribution is -0.147. The number of hydrogen-bond donors (Lipinski definition) is 3. The molecular formula is C27H32F3N3O5S. The van der Waals surface area contributed by atoms with Crippen LogP contribution in [0.25, 0.3) is 0 Å². The summed E-state index contributed by atoms with van der Waals surface area (Å²) in [5.74, 6) is -0.901. The Kier molecular flexibility index (Phi) is 9.29. The zero-order valence-corrected chi connectivity index (χ0v) is 22.1. The summed E-state index contributed by atoms with van der Waals surface area (Å²) in [7, 11) is -4.01. The molecular weight excluding hydrogens is 535 g/mol. The fourth-order valence-corrected chi connectivity index (χ4v) is 6.24. The molecule has 2 aromatic carbocycles. The molecule has 1 amide bonds. The number of amides is 1. The van der Waals surface area contributed by atoms with Gasteiger partial charge in [-0.25, -0.2) is 13.1 Å². The van der Waals surface area contributed by atoms with E-state index in [2.05, 4.69) is 15.4 Å². The number of carbonyl (C=O) groups is 2. The summed E-state index contributed by atoms with van der Waals surface area (Å²) in [6.07, 6.45) is -1.27. The van der Waals surface area contributed by atoms with E-state index >= 15 is 0 Å². The summed E-state index contributed by atoms with van der Waals surface area (Å²) in [6.45, 7) is 0.761. The summed E-state index contributed by atoms with van der Waals surface area (Å²) >= 11 is 0. The predicted molar refractivity (Wildman–Crippen MR) is 137 cm³/mol. The first kappa shape index (κ1) is 29.0. The topological polar surface area (TPSA) is 114 Å². The highest BCUT2D eigenvalue weighted by Crippen LogP contribution is 2.30. The van der Waals surface area contributed by atoms with Crippen molar-refractivity contribution < 1.29 is 35.9 Å². The Hall–Kier alpha value is -2.96. The highest BCUT2D eigenvalue weighted by atomic mass is 32.2. The number of nitrogens with one attached hydrogen (secondary N) is 3. The first-order chi connectivity index (χ1) is 18.5. The van der Waals surface area contributed by atoms with Crippen molar-refractivity contribution in [2.75, 3.05) is 13.2 Å². The summed E-state index contributed by atoms with van der Waals surface area (Å²) in [4.78, 5) is 25.2. The van der Waals surface area contributed by atoms with Crippen molar-refractivity contribution >= 4 is 21.9 Å². The van der Waals surface area contributed by atoms with Crippen LogP contribution < -0.4 is 15.4 Å². The van der Waals surface area contributed by atoms with Crippen LogP contribution in [0.15, 0.2) is 59.5 Å². The molecule has 0 spiro atoms. The van der Waals surface area contributed by atoms with E-state index in [-0.39, 0.29) is 35.3 Å². The first-order valence-corrected chi connectivity index (χ1v) is 14.5. The molecule has 0 aromatic heterocycles. The molecule has 3 N–H and O–H groups in total. The van der Waals surface area contributed by atoms with Gasteiger partial charge in [-0.15, -0.1) is 0 Å². The molecule has 1 heterocycles. The van der Waals surface area contributed by atoms with Crippen molar-refractivity contribution in [1.29, 1.82) is 0 Å². The number of esters is 1. The minimum atomic E-state index is -4.55. The number of rotatable bonds is 9. The predicted octanol–water partition coefficient (Wildman–Crippen LogP) is 3.70. The van der Waals surface area contributed by atoms with Crippen molar-refractivity contribution in [2.45, 2.75) is 67.7 Å². The van der Waals surface area contributed by atoms with Crippen LogP contribution in [0, 0.1) is 5.92 Å². The van der Waals surface area contributed by atoms with Crippen molar-refractivity contribution in [3.63, 3.8) is 0 Å². The molecule has 1 aliphatic heterocycles. The maximum atomic E-state index is 13.1. The molecule has 2 aliphatic rings. The molecule has 1 saturated heterocycles. The Morgan fingerprint density at radius 3 is 2.23 bits per heavy atom. The van der Waals surface area contributed by atoms with Gasteiger partial charge in [-0.3, -0.25) is 9.59 Å². The summed E-state index contributed by atoms with van der Waals surface area (Å²) < 4.78 is 71.8. The molecule has 39 heavy (non-hydrogen) atoms. The van der Waals surface area contributed by atoms with Gasteiger partial charge in [0.05, 0.1) is 16.5 Å². The van der Waals surface area contributed by atoms with Gasteiger partial charge in [-0.05, 0) is 74.9 Å². The van der Waals surface area contributed by atoms with Crippen LogP contribution in [-0.2, 0) is 30.5 Å². The van der Waals surface area contributed by atoms with Crippen molar-refractivity contribution in [3.8, 4) is 0 Å². The Labute approximate surface area is 225 Å². The van der Waals surface area contributed by atoms with Gasteiger partial charge < -0.3 is 15.4 Å². The van der Waals surface area contributed by atoms with Gasteiger partial charge in [-0.1, -0.05) is 30.3 Å². The SMILES string of the molecule is O=C(NC(COC(=O)[C@@H]1CCCN1)c1ccccc1)C1CCC(NS(=O)(=O)c2ccc(C(F)(F)F)cc2)CC1. The third kappa shape index (κ3) is 7.80. The van der Waals surface area contributed by atoms with E-state index in [1.165, 1.54) is 0 Å². The van der Waals surface area contributed by atoms with Gasteiger partial charge in [-0.2, -0.15) is 13.2 Å². The van der Waals surface area contributed by atoms with E-state index in [1.807, 2.05) is 30.3 Å². The number of ether oxygens (including phenoxy) is 1. The van der Waals surface area contributed by atoms with E-state index in [4.69, 9.17) is 4.74 Å². The number of hydrogen-bond acceptors (Lipinski definition) is 6. The maximum Gasteiger partial charge on any atom is 0.416 e. The van der Waals surface area contributed by atoms with Crippen LogP contribution in [0.5, 0.6) is 0 Å². The molecule has 1 unspecified atom stereocenters. The molecule has 12 heteroatoms.